The van der Waals surface area contributed by atoms with Crippen LogP contribution >= 0.6 is 11.6 Å². The van der Waals surface area contributed by atoms with Gasteiger partial charge in [0, 0.05) is 12.1 Å². The highest BCUT2D eigenvalue weighted by Crippen LogP contribution is 2.33. The van der Waals surface area contributed by atoms with Crippen molar-refractivity contribution in [3.63, 3.8) is 0 Å². The van der Waals surface area contributed by atoms with Crippen molar-refractivity contribution in [3.8, 4) is 0 Å². The molecule has 0 saturated heterocycles. The summed E-state index contributed by atoms with van der Waals surface area (Å²) >= 11 is 5.73. The smallest absolute Gasteiger partial charge is 0.295 e. The highest BCUT2D eigenvalue weighted by molar-refractivity contribution is 6.36. The van der Waals surface area contributed by atoms with Crippen molar-refractivity contribution in [2.75, 3.05) is 5.32 Å². The Hall–Kier alpha value is -3.14. The zero-order valence-electron chi connectivity index (χ0n) is 11.5. The van der Waals surface area contributed by atoms with E-state index in [1.165, 1.54) is 0 Å². The predicted octanol–water partition coefficient (Wildman–Crippen LogP) is 3.69. The zero-order valence-corrected chi connectivity index (χ0v) is 12.2. The van der Waals surface area contributed by atoms with Crippen LogP contribution < -0.4 is 5.32 Å². The summed E-state index contributed by atoms with van der Waals surface area (Å²) < 4.78 is 26.4. The number of hydrogen-bond acceptors (Lipinski definition) is 5. The van der Waals surface area contributed by atoms with Crippen LogP contribution in [0.3, 0.4) is 0 Å². The van der Waals surface area contributed by atoms with Gasteiger partial charge in [-0.1, -0.05) is 11.6 Å². The van der Waals surface area contributed by atoms with Gasteiger partial charge in [0.25, 0.3) is 17.3 Å². The average Bonchev–Trinajstić information content (AvgIpc) is 2.49. The molecule has 0 aliphatic carbocycles. The summed E-state index contributed by atoms with van der Waals surface area (Å²) in [5.74, 6) is -3.11. The number of rotatable bonds is 4. The molecule has 0 aliphatic heterocycles. The lowest BCUT2D eigenvalue weighted by Gasteiger charge is -2.08. The molecule has 0 aliphatic rings. The molecule has 11 heteroatoms. The molecule has 1 N–H and O–H groups in total. The number of non-ortho nitro benzene ring substituents is 1. The monoisotopic (exact) mass is 357 g/mol. The number of nitro benzene ring substituents is 2. The van der Waals surface area contributed by atoms with Crippen molar-refractivity contribution in [3.05, 3.63) is 72.8 Å². The largest absolute Gasteiger partial charge is 0.319 e. The number of carbonyl (C=O) groups excluding carboxylic acids is 1. The van der Waals surface area contributed by atoms with E-state index in [-0.39, 0.29) is 0 Å². The molecule has 0 radical (unpaired) electrons. The summed E-state index contributed by atoms with van der Waals surface area (Å²) in [5.41, 5.74) is -2.61. The Bertz CT molecular complexity index is 875. The first kappa shape index (κ1) is 17.2. The van der Waals surface area contributed by atoms with Gasteiger partial charge in [0.2, 0.25) is 0 Å². The first-order chi connectivity index (χ1) is 11.2. The summed E-state index contributed by atoms with van der Waals surface area (Å²) in [7, 11) is 0. The minimum atomic E-state index is -1.13. The molecule has 0 saturated carbocycles. The van der Waals surface area contributed by atoms with E-state index in [1.807, 2.05) is 5.32 Å². The standard InChI is InChI=1S/C13H6ClF2N3O5/c14-12-8(4-7(18(21)22)5-11(12)19(23)24)13(20)17-10-2-1-6(15)3-9(10)16/h1-5H,(H,17,20). The predicted molar refractivity (Wildman–Crippen MR) is 79.1 cm³/mol. The van der Waals surface area contributed by atoms with Crippen LogP contribution in [-0.4, -0.2) is 15.8 Å². The third-order valence-electron chi connectivity index (χ3n) is 2.87. The first-order valence-electron chi connectivity index (χ1n) is 6.09. The summed E-state index contributed by atoms with van der Waals surface area (Å²) in [6.07, 6.45) is 0. The van der Waals surface area contributed by atoms with Crippen LogP contribution in [-0.2, 0) is 0 Å². The molecule has 0 aromatic heterocycles. The molecule has 0 bridgehead atoms. The Morgan fingerprint density at radius 2 is 1.75 bits per heavy atom. The number of amides is 1. The molecule has 8 nitrogen and oxygen atoms in total. The molecular weight excluding hydrogens is 352 g/mol. The van der Waals surface area contributed by atoms with Crippen molar-refractivity contribution in [2.24, 2.45) is 0 Å². The second-order valence-corrected chi connectivity index (χ2v) is 4.80. The van der Waals surface area contributed by atoms with Gasteiger partial charge in [-0.2, -0.15) is 0 Å². The number of nitrogens with zero attached hydrogens (tertiary/aromatic N) is 2. The number of nitrogens with one attached hydrogen (secondary N) is 1. The van der Waals surface area contributed by atoms with E-state index in [0.29, 0.717) is 18.2 Å². The lowest BCUT2D eigenvalue weighted by Crippen LogP contribution is -2.14. The third kappa shape index (κ3) is 3.43. The minimum Gasteiger partial charge on any atom is -0.319 e. The second-order valence-electron chi connectivity index (χ2n) is 4.42. The van der Waals surface area contributed by atoms with Crippen LogP contribution in [0, 0.1) is 31.9 Å². The Morgan fingerprint density at radius 1 is 1.08 bits per heavy atom. The lowest BCUT2D eigenvalue weighted by molar-refractivity contribution is -0.394. The van der Waals surface area contributed by atoms with Crippen molar-refractivity contribution in [1.82, 2.24) is 0 Å². The Morgan fingerprint density at radius 3 is 2.29 bits per heavy atom. The number of nitro groups is 2. The molecule has 0 unspecified atom stereocenters. The maximum absolute atomic E-state index is 13.5. The highest BCUT2D eigenvalue weighted by Gasteiger charge is 2.26. The molecule has 24 heavy (non-hydrogen) atoms. The Kier molecular flexibility index (Phi) is 4.69. The first-order valence-corrected chi connectivity index (χ1v) is 6.47. The summed E-state index contributed by atoms with van der Waals surface area (Å²) in [5, 5.41) is 23.1. The van der Waals surface area contributed by atoms with Gasteiger partial charge in [-0.15, -0.1) is 0 Å². The molecular formula is C13H6ClF2N3O5. The average molecular weight is 358 g/mol. The van der Waals surface area contributed by atoms with E-state index in [1.54, 1.807) is 0 Å². The van der Waals surface area contributed by atoms with Gasteiger partial charge in [-0.05, 0) is 12.1 Å². The minimum absolute atomic E-state index is 0.424. The van der Waals surface area contributed by atoms with Crippen LogP contribution in [0.4, 0.5) is 25.8 Å². The van der Waals surface area contributed by atoms with Gasteiger partial charge in [0.15, 0.2) is 0 Å². The van der Waals surface area contributed by atoms with E-state index in [2.05, 4.69) is 0 Å². The quantitative estimate of drug-likeness (QED) is 0.661. The van der Waals surface area contributed by atoms with Gasteiger partial charge in [0.1, 0.15) is 16.7 Å². The van der Waals surface area contributed by atoms with Gasteiger partial charge in [0.05, 0.1) is 27.2 Å². The SMILES string of the molecule is O=C(Nc1ccc(F)cc1F)c1cc([N+](=O)[O-])cc([N+](=O)[O-])c1Cl. The highest BCUT2D eigenvalue weighted by atomic mass is 35.5. The fraction of sp³-hybridized carbons (Fsp3) is 0. The molecule has 124 valence electrons. The molecule has 1 amide bonds. The molecule has 0 fully saturated rings. The topological polar surface area (TPSA) is 115 Å². The Labute approximate surface area is 137 Å². The molecule has 2 aromatic carbocycles. The van der Waals surface area contributed by atoms with Crippen LogP contribution in [0.5, 0.6) is 0 Å². The Balaban J connectivity index is 2.48. The van der Waals surface area contributed by atoms with Crippen LogP contribution in [0.25, 0.3) is 0 Å². The lowest BCUT2D eigenvalue weighted by atomic mass is 10.1. The van der Waals surface area contributed by atoms with Gasteiger partial charge in [-0.3, -0.25) is 25.0 Å². The van der Waals surface area contributed by atoms with Crippen LogP contribution in [0.2, 0.25) is 5.02 Å². The zero-order chi connectivity index (χ0) is 18.0. The van der Waals surface area contributed by atoms with Crippen molar-refractivity contribution in [2.45, 2.75) is 0 Å². The molecule has 0 atom stereocenters. The van der Waals surface area contributed by atoms with Crippen LogP contribution in [0.1, 0.15) is 10.4 Å². The number of anilines is 1. The van der Waals surface area contributed by atoms with Crippen molar-refractivity contribution in [1.29, 1.82) is 0 Å². The number of carbonyl (C=O) groups is 1. The summed E-state index contributed by atoms with van der Waals surface area (Å²) in [6, 6.07) is 3.61. The maximum Gasteiger partial charge on any atom is 0.295 e. The fourth-order valence-electron chi connectivity index (χ4n) is 1.78. The fourth-order valence-corrected chi connectivity index (χ4v) is 2.04. The molecule has 0 heterocycles. The number of benzene rings is 2. The van der Waals surface area contributed by atoms with Crippen molar-refractivity contribution >= 4 is 34.6 Å². The summed E-state index contributed by atoms with van der Waals surface area (Å²) in [6.45, 7) is 0. The van der Waals surface area contributed by atoms with E-state index < -0.39 is 55.0 Å². The van der Waals surface area contributed by atoms with E-state index in [9.17, 15) is 33.8 Å². The maximum atomic E-state index is 13.5. The molecule has 0 spiro atoms. The number of hydrogen-bond donors (Lipinski definition) is 1. The van der Waals surface area contributed by atoms with Crippen molar-refractivity contribution < 1.29 is 23.4 Å². The van der Waals surface area contributed by atoms with E-state index in [4.69, 9.17) is 11.6 Å². The molecule has 2 aromatic rings. The van der Waals surface area contributed by atoms with Gasteiger partial charge >= 0.3 is 0 Å². The second kappa shape index (κ2) is 6.54. The third-order valence-corrected chi connectivity index (χ3v) is 3.27. The van der Waals surface area contributed by atoms with E-state index in [0.717, 1.165) is 12.1 Å². The van der Waals surface area contributed by atoms with E-state index >= 15 is 0 Å². The van der Waals surface area contributed by atoms with Gasteiger partial charge < -0.3 is 5.32 Å². The van der Waals surface area contributed by atoms with Crippen LogP contribution in [0.15, 0.2) is 30.3 Å². The number of halogens is 3. The molecule has 2 rings (SSSR count). The summed E-state index contributed by atoms with van der Waals surface area (Å²) in [4.78, 5) is 31.9. The normalized spacial score (nSPS) is 10.3. The van der Waals surface area contributed by atoms with Gasteiger partial charge in [-0.25, -0.2) is 8.78 Å².